The Kier molecular flexibility index (Phi) is 6.14. The molecule has 0 amide bonds. The number of hydrogen-bond donors (Lipinski definition) is 1. The smallest absolute Gasteiger partial charge is 0.178 e. The molecule has 1 aromatic carbocycles. The molecule has 0 aromatic heterocycles. The third kappa shape index (κ3) is 5.41. The molecule has 5 heteroatoms. The Morgan fingerprint density at radius 3 is 2.26 bits per heavy atom. The quantitative estimate of drug-likeness (QED) is 0.781. The first-order valence-electron chi connectivity index (χ1n) is 6.58. The van der Waals surface area contributed by atoms with E-state index in [2.05, 4.69) is 12.2 Å². The van der Waals surface area contributed by atoms with Gasteiger partial charge in [0.2, 0.25) is 0 Å². The van der Waals surface area contributed by atoms with Crippen molar-refractivity contribution in [2.45, 2.75) is 49.9 Å². The highest BCUT2D eigenvalue weighted by molar-refractivity contribution is 7.91. The number of benzene rings is 1. The van der Waals surface area contributed by atoms with Crippen LogP contribution < -0.4 is 5.32 Å². The molecule has 3 nitrogen and oxygen atoms in total. The number of halogens is 1. The number of rotatable bonds is 7. The van der Waals surface area contributed by atoms with Crippen LogP contribution in [0.3, 0.4) is 0 Å². The summed E-state index contributed by atoms with van der Waals surface area (Å²) in [7, 11) is -3.12. The molecule has 2 unspecified atom stereocenters. The summed E-state index contributed by atoms with van der Waals surface area (Å²) >= 11 is 5.94. The molecule has 1 aromatic rings. The Hall–Kier alpha value is -0.740. The molecule has 0 bridgehead atoms. The molecule has 0 radical (unpaired) electrons. The molecule has 0 aliphatic heterocycles. The normalized spacial score (nSPS) is 14.9. The third-order valence-corrected chi connectivity index (χ3v) is 4.89. The zero-order valence-corrected chi connectivity index (χ0v) is 13.3. The minimum absolute atomic E-state index is 0.117. The van der Waals surface area contributed by atoms with E-state index in [-0.39, 0.29) is 17.2 Å². The van der Waals surface area contributed by atoms with E-state index >= 15 is 0 Å². The lowest BCUT2D eigenvalue weighted by atomic mass is 10.2. The molecule has 0 fully saturated rings. The fourth-order valence-electron chi connectivity index (χ4n) is 1.98. The summed E-state index contributed by atoms with van der Waals surface area (Å²) in [5.74, 6) is 0.194. The summed E-state index contributed by atoms with van der Waals surface area (Å²) < 4.78 is 23.7. The minimum Gasteiger partial charge on any atom is -0.383 e. The summed E-state index contributed by atoms with van der Waals surface area (Å²) in [6.07, 6.45) is 1.49. The highest BCUT2D eigenvalue weighted by Crippen LogP contribution is 2.18. The van der Waals surface area contributed by atoms with Crippen LogP contribution in [0.25, 0.3) is 0 Å². The molecule has 0 heterocycles. The van der Waals surface area contributed by atoms with Gasteiger partial charge < -0.3 is 5.32 Å². The summed E-state index contributed by atoms with van der Waals surface area (Å²) in [5, 5.41) is 3.42. The molecule has 0 saturated heterocycles. The number of alkyl halides is 1. The SMILES string of the molecule is CCCS(=O)(=O)c1ccc(NC(C)CC(C)Cl)cc1. The van der Waals surface area contributed by atoms with Gasteiger partial charge in [0.1, 0.15) is 0 Å². The Morgan fingerprint density at radius 1 is 1.21 bits per heavy atom. The maximum Gasteiger partial charge on any atom is 0.178 e. The lowest BCUT2D eigenvalue weighted by molar-refractivity contribution is 0.595. The molecular formula is C14H22ClNO2S. The molecule has 0 aliphatic carbocycles. The van der Waals surface area contributed by atoms with Crippen molar-refractivity contribution in [2.75, 3.05) is 11.1 Å². The molecule has 2 atom stereocenters. The zero-order chi connectivity index (χ0) is 14.5. The van der Waals surface area contributed by atoms with Crippen molar-refractivity contribution in [3.8, 4) is 0 Å². The fraction of sp³-hybridized carbons (Fsp3) is 0.571. The minimum atomic E-state index is -3.12. The monoisotopic (exact) mass is 303 g/mol. The van der Waals surface area contributed by atoms with Crippen LogP contribution in [0.5, 0.6) is 0 Å². The van der Waals surface area contributed by atoms with E-state index in [1.165, 1.54) is 0 Å². The molecule has 0 aliphatic rings. The fourth-order valence-corrected chi connectivity index (χ4v) is 3.57. The Labute approximate surface area is 121 Å². The Morgan fingerprint density at radius 2 is 1.79 bits per heavy atom. The number of nitrogens with one attached hydrogen (secondary N) is 1. The average molecular weight is 304 g/mol. The summed E-state index contributed by atoms with van der Waals surface area (Å²) in [4.78, 5) is 0.387. The maximum absolute atomic E-state index is 11.9. The van der Waals surface area contributed by atoms with Crippen molar-refractivity contribution >= 4 is 27.1 Å². The van der Waals surface area contributed by atoms with Crippen LogP contribution in [-0.2, 0) is 9.84 Å². The van der Waals surface area contributed by atoms with Gasteiger partial charge in [0.05, 0.1) is 10.6 Å². The summed E-state index contributed by atoms with van der Waals surface area (Å²) in [6, 6.07) is 7.18. The number of anilines is 1. The van der Waals surface area contributed by atoms with Gasteiger partial charge in [-0.15, -0.1) is 11.6 Å². The van der Waals surface area contributed by atoms with Gasteiger partial charge in [-0.25, -0.2) is 8.42 Å². The summed E-state index contributed by atoms with van der Waals surface area (Å²) in [6.45, 7) is 5.88. The molecule has 1 N–H and O–H groups in total. The van der Waals surface area contributed by atoms with Crippen LogP contribution in [0, 0.1) is 0 Å². The van der Waals surface area contributed by atoms with Crippen LogP contribution in [0.15, 0.2) is 29.2 Å². The van der Waals surface area contributed by atoms with E-state index in [0.29, 0.717) is 11.3 Å². The van der Waals surface area contributed by atoms with Gasteiger partial charge in [0.25, 0.3) is 0 Å². The molecule has 0 spiro atoms. The topological polar surface area (TPSA) is 46.2 Å². The average Bonchev–Trinajstić information content (AvgIpc) is 2.28. The van der Waals surface area contributed by atoms with Crippen molar-refractivity contribution in [3.63, 3.8) is 0 Å². The first kappa shape index (κ1) is 16.3. The first-order valence-corrected chi connectivity index (χ1v) is 8.67. The van der Waals surface area contributed by atoms with E-state index in [4.69, 9.17) is 11.6 Å². The van der Waals surface area contributed by atoms with Gasteiger partial charge in [0.15, 0.2) is 9.84 Å². The van der Waals surface area contributed by atoms with Gasteiger partial charge in [-0.2, -0.15) is 0 Å². The highest BCUT2D eigenvalue weighted by Gasteiger charge is 2.13. The van der Waals surface area contributed by atoms with Crippen molar-refractivity contribution in [2.24, 2.45) is 0 Å². The van der Waals surface area contributed by atoms with Crippen LogP contribution in [0.1, 0.15) is 33.6 Å². The van der Waals surface area contributed by atoms with Crippen LogP contribution in [0.2, 0.25) is 0 Å². The lowest BCUT2D eigenvalue weighted by Gasteiger charge is -2.16. The van der Waals surface area contributed by atoms with Gasteiger partial charge in [-0.3, -0.25) is 0 Å². The zero-order valence-electron chi connectivity index (χ0n) is 11.7. The van der Waals surface area contributed by atoms with E-state index in [1.54, 1.807) is 24.3 Å². The van der Waals surface area contributed by atoms with Crippen molar-refractivity contribution < 1.29 is 8.42 Å². The van der Waals surface area contributed by atoms with E-state index in [1.807, 2.05) is 13.8 Å². The van der Waals surface area contributed by atoms with E-state index in [9.17, 15) is 8.42 Å². The highest BCUT2D eigenvalue weighted by atomic mass is 35.5. The van der Waals surface area contributed by atoms with Gasteiger partial charge in [-0.1, -0.05) is 6.92 Å². The molecule has 19 heavy (non-hydrogen) atoms. The second kappa shape index (κ2) is 7.15. The second-order valence-electron chi connectivity index (χ2n) is 4.91. The van der Waals surface area contributed by atoms with Crippen molar-refractivity contribution in [3.05, 3.63) is 24.3 Å². The standard InChI is InChI=1S/C14H22ClNO2S/c1-4-9-19(17,18)14-7-5-13(6-8-14)16-12(3)10-11(2)15/h5-8,11-12,16H,4,9-10H2,1-3H3. The predicted octanol–water partition coefficient (Wildman–Crippen LogP) is 3.69. The van der Waals surface area contributed by atoms with Crippen LogP contribution in [-0.4, -0.2) is 25.6 Å². The Bertz CT molecular complexity index is 483. The number of sulfone groups is 1. The van der Waals surface area contributed by atoms with Crippen LogP contribution in [0.4, 0.5) is 5.69 Å². The maximum atomic E-state index is 11.9. The van der Waals surface area contributed by atoms with Gasteiger partial charge in [-0.05, 0) is 51.0 Å². The lowest BCUT2D eigenvalue weighted by Crippen LogP contribution is -2.18. The molecule has 108 valence electrons. The number of hydrogen-bond acceptors (Lipinski definition) is 3. The molecule has 1 rings (SSSR count). The predicted molar refractivity (Wildman–Crippen MR) is 81.8 cm³/mol. The molecule has 0 saturated carbocycles. The first-order chi connectivity index (χ1) is 8.85. The summed E-state index contributed by atoms with van der Waals surface area (Å²) in [5.41, 5.74) is 0.917. The van der Waals surface area contributed by atoms with Crippen molar-refractivity contribution in [1.29, 1.82) is 0 Å². The second-order valence-corrected chi connectivity index (χ2v) is 7.76. The van der Waals surface area contributed by atoms with Crippen molar-refractivity contribution in [1.82, 2.24) is 0 Å². The van der Waals surface area contributed by atoms with Gasteiger partial charge >= 0.3 is 0 Å². The van der Waals surface area contributed by atoms with Gasteiger partial charge in [0, 0.05) is 17.1 Å². The van der Waals surface area contributed by atoms with E-state index in [0.717, 1.165) is 12.1 Å². The molecular weight excluding hydrogens is 282 g/mol. The van der Waals surface area contributed by atoms with E-state index < -0.39 is 9.84 Å². The van der Waals surface area contributed by atoms with Crippen LogP contribution >= 0.6 is 11.6 Å². The largest absolute Gasteiger partial charge is 0.383 e. The third-order valence-electron chi connectivity index (χ3n) is 2.78. The Balaban J connectivity index is 2.72.